The SMILES string of the molecule is CCOc1ccc2nc(N(CCCN(C)C)C(=O)c3ccc4c(c3)CCCC4)sc2c1.Cl. The second-order valence-corrected chi connectivity index (χ2v) is 9.37. The van der Waals surface area contributed by atoms with E-state index in [0.29, 0.717) is 13.2 Å². The number of aryl methyl sites for hydroxylation is 2. The molecule has 0 saturated carbocycles. The first-order chi connectivity index (χ1) is 15.0. The highest BCUT2D eigenvalue weighted by atomic mass is 35.5. The van der Waals surface area contributed by atoms with Gasteiger partial charge in [0.25, 0.3) is 5.91 Å². The second kappa shape index (κ2) is 11.1. The third-order valence-corrected chi connectivity index (χ3v) is 6.76. The Morgan fingerprint density at radius 1 is 1.06 bits per heavy atom. The lowest BCUT2D eigenvalue weighted by Crippen LogP contribution is -2.33. The van der Waals surface area contributed by atoms with E-state index < -0.39 is 0 Å². The standard InChI is InChI=1S/C25H31N3O2S.ClH/c1-4-30-21-12-13-22-23(17-21)31-25(26-22)28(15-7-14-27(2)3)24(29)20-11-10-18-8-5-6-9-19(18)16-20;/h10-13,16-17H,4-9,14-15H2,1-3H3;1H. The van der Waals surface area contributed by atoms with Crippen molar-refractivity contribution < 1.29 is 9.53 Å². The molecule has 1 aromatic heterocycles. The van der Waals surface area contributed by atoms with Crippen molar-refractivity contribution >= 4 is 45.0 Å². The van der Waals surface area contributed by atoms with E-state index >= 15 is 0 Å². The van der Waals surface area contributed by atoms with Gasteiger partial charge >= 0.3 is 0 Å². The lowest BCUT2D eigenvalue weighted by atomic mass is 9.90. The number of nitrogens with zero attached hydrogens (tertiary/aromatic N) is 3. The third kappa shape index (κ3) is 5.61. The summed E-state index contributed by atoms with van der Waals surface area (Å²) in [7, 11) is 4.12. The van der Waals surface area contributed by atoms with Gasteiger partial charge in [-0.2, -0.15) is 0 Å². The zero-order valence-corrected chi connectivity index (χ0v) is 20.7. The molecule has 0 radical (unpaired) electrons. The molecule has 7 heteroatoms. The minimum atomic E-state index is 0. The van der Waals surface area contributed by atoms with Crippen LogP contribution in [0.5, 0.6) is 5.75 Å². The summed E-state index contributed by atoms with van der Waals surface area (Å²) >= 11 is 1.56. The maximum Gasteiger partial charge on any atom is 0.260 e. The van der Waals surface area contributed by atoms with Gasteiger partial charge in [0, 0.05) is 12.1 Å². The van der Waals surface area contributed by atoms with Gasteiger partial charge in [-0.15, -0.1) is 12.4 Å². The molecular formula is C25H32ClN3O2S. The number of aromatic nitrogens is 1. The Morgan fingerprint density at radius 3 is 2.59 bits per heavy atom. The largest absolute Gasteiger partial charge is 0.494 e. The Kier molecular flexibility index (Phi) is 8.51. The van der Waals surface area contributed by atoms with E-state index in [4.69, 9.17) is 9.72 Å². The van der Waals surface area contributed by atoms with E-state index in [9.17, 15) is 4.79 Å². The maximum absolute atomic E-state index is 13.6. The predicted octanol–water partition coefficient (Wildman–Crippen LogP) is 5.59. The van der Waals surface area contributed by atoms with Crippen molar-refractivity contribution in [1.29, 1.82) is 0 Å². The van der Waals surface area contributed by atoms with E-state index in [1.165, 1.54) is 24.0 Å². The molecule has 1 heterocycles. The van der Waals surface area contributed by atoms with Gasteiger partial charge in [-0.3, -0.25) is 9.69 Å². The molecule has 0 spiro atoms. The summed E-state index contributed by atoms with van der Waals surface area (Å²) in [5, 5.41) is 0.755. The molecule has 1 amide bonds. The van der Waals surface area contributed by atoms with Crippen LogP contribution in [0.1, 0.15) is 47.7 Å². The van der Waals surface area contributed by atoms with Crippen molar-refractivity contribution in [2.45, 2.75) is 39.0 Å². The average Bonchev–Trinajstić information content (AvgIpc) is 3.19. The fourth-order valence-corrected chi connectivity index (χ4v) is 5.13. The van der Waals surface area contributed by atoms with Crippen molar-refractivity contribution in [2.24, 2.45) is 0 Å². The molecule has 0 saturated heterocycles. The smallest absolute Gasteiger partial charge is 0.260 e. The lowest BCUT2D eigenvalue weighted by molar-refractivity contribution is 0.0986. The van der Waals surface area contributed by atoms with Crippen LogP contribution >= 0.6 is 23.7 Å². The molecule has 1 aliphatic carbocycles. The van der Waals surface area contributed by atoms with Gasteiger partial charge in [0.15, 0.2) is 5.13 Å². The summed E-state index contributed by atoms with van der Waals surface area (Å²) in [4.78, 5) is 22.4. The number of hydrogen-bond acceptors (Lipinski definition) is 5. The summed E-state index contributed by atoms with van der Waals surface area (Å²) in [6.07, 6.45) is 5.53. The molecule has 0 atom stereocenters. The molecule has 5 nitrogen and oxygen atoms in total. The van der Waals surface area contributed by atoms with Crippen LogP contribution in [0.25, 0.3) is 10.2 Å². The van der Waals surface area contributed by atoms with Gasteiger partial charge < -0.3 is 9.64 Å². The number of thiazole rings is 1. The van der Waals surface area contributed by atoms with Crippen LogP contribution in [0.15, 0.2) is 36.4 Å². The van der Waals surface area contributed by atoms with Crippen LogP contribution in [0, 0.1) is 0 Å². The molecule has 2 aromatic carbocycles. The van der Waals surface area contributed by atoms with Gasteiger partial charge in [0.1, 0.15) is 5.75 Å². The molecule has 0 unspecified atom stereocenters. The summed E-state index contributed by atoms with van der Waals surface area (Å²) in [5.74, 6) is 0.876. The highest BCUT2D eigenvalue weighted by Gasteiger charge is 2.22. The number of benzene rings is 2. The molecule has 0 N–H and O–H groups in total. The summed E-state index contributed by atoms with van der Waals surface area (Å²) in [6.45, 7) is 4.18. The number of halogens is 1. The normalized spacial score (nSPS) is 13.0. The van der Waals surface area contributed by atoms with Crippen LogP contribution in [0.4, 0.5) is 5.13 Å². The first-order valence-electron chi connectivity index (χ1n) is 11.2. The zero-order valence-electron chi connectivity index (χ0n) is 19.1. The summed E-state index contributed by atoms with van der Waals surface area (Å²) in [5.41, 5.74) is 4.39. The topological polar surface area (TPSA) is 45.7 Å². The average molecular weight is 474 g/mol. The van der Waals surface area contributed by atoms with Crippen molar-refractivity contribution in [1.82, 2.24) is 9.88 Å². The Balaban J connectivity index is 0.00000289. The fraction of sp³-hybridized carbons (Fsp3) is 0.440. The van der Waals surface area contributed by atoms with E-state index in [2.05, 4.69) is 31.1 Å². The zero-order chi connectivity index (χ0) is 21.8. The van der Waals surface area contributed by atoms with Crippen LogP contribution in [0.3, 0.4) is 0 Å². The van der Waals surface area contributed by atoms with Gasteiger partial charge in [-0.1, -0.05) is 17.4 Å². The Bertz CT molecular complexity index is 1070. The third-order valence-electron chi connectivity index (χ3n) is 5.72. The van der Waals surface area contributed by atoms with Gasteiger partial charge in [0.05, 0.1) is 16.8 Å². The number of ether oxygens (including phenoxy) is 1. The van der Waals surface area contributed by atoms with E-state index in [1.54, 1.807) is 11.3 Å². The first-order valence-corrected chi connectivity index (χ1v) is 12.0. The van der Waals surface area contributed by atoms with Gasteiger partial charge in [-0.05, 0) is 101 Å². The number of carbonyl (C=O) groups is 1. The Hall–Kier alpha value is -2.15. The van der Waals surface area contributed by atoms with Crippen LogP contribution in [-0.2, 0) is 12.8 Å². The predicted molar refractivity (Wildman–Crippen MR) is 136 cm³/mol. The molecule has 0 fully saturated rings. The molecular weight excluding hydrogens is 442 g/mol. The van der Waals surface area contributed by atoms with Crippen LogP contribution < -0.4 is 9.64 Å². The summed E-state index contributed by atoms with van der Waals surface area (Å²) in [6, 6.07) is 12.2. The number of hydrogen-bond donors (Lipinski definition) is 0. The first kappa shape index (κ1) is 24.5. The number of fused-ring (bicyclic) bond motifs is 2. The lowest BCUT2D eigenvalue weighted by Gasteiger charge is -2.22. The monoisotopic (exact) mass is 473 g/mol. The van der Waals surface area contributed by atoms with E-state index in [0.717, 1.165) is 52.5 Å². The maximum atomic E-state index is 13.6. The summed E-state index contributed by atoms with van der Waals surface area (Å²) < 4.78 is 6.68. The number of anilines is 1. The molecule has 3 aromatic rings. The van der Waals surface area contributed by atoms with Crippen LogP contribution in [0.2, 0.25) is 0 Å². The van der Waals surface area contributed by atoms with Gasteiger partial charge in [0.2, 0.25) is 0 Å². The van der Waals surface area contributed by atoms with Crippen molar-refractivity contribution in [2.75, 3.05) is 38.7 Å². The van der Waals surface area contributed by atoms with Gasteiger partial charge in [-0.25, -0.2) is 4.98 Å². The van der Waals surface area contributed by atoms with Crippen molar-refractivity contribution in [3.8, 4) is 5.75 Å². The highest BCUT2D eigenvalue weighted by Crippen LogP contribution is 2.33. The van der Waals surface area contributed by atoms with Crippen molar-refractivity contribution in [3.05, 3.63) is 53.1 Å². The van der Waals surface area contributed by atoms with E-state index in [-0.39, 0.29) is 18.3 Å². The molecule has 1 aliphatic rings. The quantitative estimate of drug-likeness (QED) is 0.427. The fourth-order valence-electron chi connectivity index (χ4n) is 4.12. The highest BCUT2D eigenvalue weighted by molar-refractivity contribution is 7.22. The molecule has 0 aliphatic heterocycles. The molecule has 172 valence electrons. The van der Waals surface area contributed by atoms with Crippen LogP contribution in [-0.4, -0.2) is 49.6 Å². The Morgan fingerprint density at radius 2 is 1.84 bits per heavy atom. The molecule has 4 rings (SSSR count). The number of rotatable bonds is 8. The van der Waals surface area contributed by atoms with E-state index in [1.807, 2.05) is 36.1 Å². The second-order valence-electron chi connectivity index (χ2n) is 8.36. The Labute approximate surface area is 200 Å². The molecule has 0 bridgehead atoms. The molecule has 32 heavy (non-hydrogen) atoms. The number of carbonyl (C=O) groups excluding carboxylic acids is 1. The minimum Gasteiger partial charge on any atom is -0.494 e. The van der Waals surface area contributed by atoms with Crippen molar-refractivity contribution in [3.63, 3.8) is 0 Å². The minimum absolute atomic E-state index is 0. The number of amides is 1.